The first kappa shape index (κ1) is 22.6. The van der Waals surface area contributed by atoms with Crippen LogP contribution in [0.5, 0.6) is 0 Å². The van der Waals surface area contributed by atoms with E-state index in [0.29, 0.717) is 18.5 Å². The molecular weight excluding hydrogens is 416 g/mol. The minimum atomic E-state index is -1.01. The van der Waals surface area contributed by atoms with Gasteiger partial charge in [-0.3, -0.25) is 14.3 Å². The summed E-state index contributed by atoms with van der Waals surface area (Å²) < 4.78 is 6.21. The number of primary amides is 1. The van der Waals surface area contributed by atoms with Crippen LogP contribution < -0.4 is 11.1 Å². The van der Waals surface area contributed by atoms with Crippen LogP contribution in [-0.4, -0.2) is 58.0 Å². The van der Waals surface area contributed by atoms with E-state index in [1.807, 2.05) is 0 Å². The number of methoxy groups -OCH3 is 1. The van der Waals surface area contributed by atoms with Crippen molar-refractivity contribution in [2.45, 2.75) is 31.2 Å². The monoisotopic (exact) mass is 440 g/mol. The Hall–Kier alpha value is -4.07. The van der Waals surface area contributed by atoms with Crippen LogP contribution in [0.2, 0.25) is 0 Å². The van der Waals surface area contributed by atoms with Gasteiger partial charge in [0.1, 0.15) is 5.56 Å². The lowest BCUT2D eigenvalue weighted by Gasteiger charge is -2.39. The fourth-order valence-electron chi connectivity index (χ4n) is 3.72. The molecule has 2 amide bonds. The van der Waals surface area contributed by atoms with Crippen LogP contribution in [0, 0.1) is 11.3 Å². The summed E-state index contributed by atoms with van der Waals surface area (Å²) in [6, 6.07) is 9.12. The van der Waals surface area contributed by atoms with Gasteiger partial charge in [0.25, 0.3) is 5.91 Å². The number of carboxylic acid groups (broad SMARTS) is 1. The van der Waals surface area contributed by atoms with Gasteiger partial charge in [0, 0.05) is 25.0 Å². The average Bonchev–Trinajstić information content (AvgIpc) is 3.20. The number of nitrogens with zero attached hydrogens (tertiary/aromatic N) is 4. The molecule has 0 unspecified atom stereocenters. The number of aromatic nitrogens is 2. The van der Waals surface area contributed by atoms with Crippen molar-refractivity contribution in [1.82, 2.24) is 14.7 Å². The van der Waals surface area contributed by atoms with Gasteiger partial charge < -0.3 is 25.8 Å². The summed E-state index contributed by atoms with van der Waals surface area (Å²) >= 11 is 0. The molecule has 1 aliphatic heterocycles. The first-order valence-corrected chi connectivity index (χ1v) is 9.95. The van der Waals surface area contributed by atoms with Crippen molar-refractivity contribution in [3.8, 4) is 6.07 Å². The molecule has 0 spiro atoms. The Morgan fingerprint density at radius 3 is 2.47 bits per heavy atom. The molecule has 11 nitrogen and oxygen atoms in total. The third kappa shape index (κ3) is 4.80. The normalized spacial score (nSPS) is 14.9. The number of benzene rings is 1. The molecule has 1 aromatic heterocycles. The predicted octanol–water partition coefficient (Wildman–Crippen LogP) is 1.82. The molecule has 4 N–H and O–H groups in total. The number of nitrogens with one attached hydrogen (secondary N) is 1. The van der Waals surface area contributed by atoms with Crippen molar-refractivity contribution in [2.75, 3.05) is 25.5 Å². The third-order valence-corrected chi connectivity index (χ3v) is 5.63. The summed E-state index contributed by atoms with van der Waals surface area (Å²) in [5, 5.41) is 26.2. The van der Waals surface area contributed by atoms with Gasteiger partial charge in [0.2, 0.25) is 0 Å². The van der Waals surface area contributed by atoms with Gasteiger partial charge in [-0.1, -0.05) is 12.1 Å². The van der Waals surface area contributed by atoms with Crippen molar-refractivity contribution >= 4 is 29.5 Å². The van der Waals surface area contributed by atoms with E-state index in [4.69, 9.17) is 5.73 Å². The Bertz CT molecular complexity index is 1050. The van der Waals surface area contributed by atoms with Crippen LogP contribution in [-0.2, 0) is 21.5 Å². The highest BCUT2D eigenvalue weighted by Gasteiger charge is 2.39. The molecule has 2 heterocycles. The molecule has 1 saturated heterocycles. The summed E-state index contributed by atoms with van der Waals surface area (Å²) in [6.07, 6.45) is 1.52. The molecule has 1 aromatic carbocycles. The lowest BCUT2D eigenvalue weighted by Crippen LogP contribution is -2.47. The average molecular weight is 440 g/mol. The summed E-state index contributed by atoms with van der Waals surface area (Å²) in [6.45, 7) is 0.514. The van der Waals surface area contributed by atoms with Crippen molar-refractivity contribution in [3.63, 3.8) is 0 Å². The molecule has 0 aliphatic carbocycles. The zero-order valence-electron chi connectivity index (χ0n) is 17.6. The smallest absolute Gasteiger partial charge is 0.407 e. The van der Waals surface area contributed by atoms with Gasteiger partial charge in [-0.2, -0.15) is 10.4 Å². The van der Waals surface area contributed by atoms with E-state index in [0.717, 1.165) is 5.56 Å². The fraction of sp³-hybridized carbons (Fsp3) is 0.381. The molecule has 11 heteroatoms. The lowest BCUT2D eigenvalue weighted by atomic mass is 9.85. The Balaban J connectivity index is 1.86. The summed E-state index contributed by atoms with van der Waals surface area (Å²) in [5.41, 5.74) is 6.35. The van der Waals surface area contributed by atoms with Crippen LogP contribution in [0.1, 0.15) is 35.2 Å². The lowest BCUT2D eigenvalue weighted by molar-refractivity contribution is -0.139. The number of carbonyl (C=O) groups is 3. The van der Waals surface area contributed by atoms with Crippen molar-refractivity contribution in [3.05, 3.63) is 41.6 Å². The molecular formula is C21H24N6O5. The van der Waals surface area contributed by atoms with Crippen LogP contribution in [0.15, 0.2) is 30.5 Å². The Morgan fingerprint density at radius 1 is 1.28 bits per heavy atom. The number of rotatable bonds is 7. The van der Waals surface area contributed by atoms with Gasteiger partial charge in [0.15, 0.2) is 5.82 Å². The van der Waals surface area contributed by atoms with Crippen LogP contribution in [0.4, 0.5) is 16.3 Å². The largest absolute Gasteiger partial charge is 0.469 e. The first-order valence-electron chi connectivity index (χ1n) is 9.95. The highest BCUT2D eigenvalue weighted by molar-refractivity contribution is 5.98. The fourth-order valence-corrected chi connectivity index (χ4v) is 3.72. The van der Waals surface area contributed by atoms with Crippen molar-refractivity contribution in [1.29, 1.82) is 5.26 Å². The number of piperidine rings is 1. The molecule has 32 heavy (non-hydrogen) atoms. The molecule has 3 rings (SSSR count). The zero-order valence-corrected chi connectivity index (χ0v) is 17.6. The van der Waals surface area contributed by atoms with E-state index in [2.05, 4.69) is 21.2 Å². The molecule has 0 atom stereocenters. The number of nitrogens with two attached hydrogens (primary N) is 1. The second kappa shape index (κ2) is 9.38. The quantitative estimate of drug-likeness (QED) is 0.549. The standard InChI is InChI=1S/C21H24N6O5/c1-32-17(28)12-14-2-4-15(5-3-14)24-19-16(18(23)29)13-27(25-19)21(6-9-22)7-10-26(11-8-21)20(30)31/h2-5,13H,6-8,10-12H2,1H3,(H2,23,29)(H,24,25)(H,30,31). The third-order valence-electron chi connectivity index (χ3n) is 5.63. The maximum atomic E-state index is 12.0. The highest BCUT2D eigenvalue weighted by Crippen LogP contribution is 2.35. The maximum absolute atomic E-state index is 12.0. The molecule has 2 aromatic rings. The first-order chi connectivity index (χ1) is 15.3. The number of amides is 2. The number of carbonyl (C=O) groups excluding carboxylic acids is 2. The van der Waals surface area contributed by atoms with Crippen LogP contribution >= 0.6 is 0 Å². The Morgan fingerprint density at radius 2 is 1.94 bits per heavy atom. The van der Waals surface area contributed by atoms with Gasteiger partial charge in [-0.25, -0.2) is 4.79 Å². The maximum Gasteiger partial charge on any atom is 0.407 e. The molecule has 1 aliphatic rings. The van der Waals surface area contributed by atoms with Crippen molar-refractivity contribution < 1.29 is 24.2 Å². The number of ether oxygens (including phenoxy) is 1. The number of hydrogen-bond donors (Lipinski definition) is 3. The summed E-state index contributed by atoms with van der Waals surface area (Å²) in [7, 11) is 1.32. The number of nitriles is 1. The van der Waals surface area contributed by atoms with Gasteiger partial charge in [0.05, 0.1) is 31.6 Å². The Labute approximate surface area is 184 Å². The van der Waals surface area contributed by atoms with E-state index >= 15 is 0 Å². The van der Waals surface area contributed by atoms with Crippen LogP contribution in [0.3, 0.4) is 0 Å². The van der Waals surface area contributed by atoms with E-state index in [1.54, 1.807) is 28.9 Å². The molecule has 168 valence electrons. The minimum absolute atomic E-state index is 0.113. The van der Waals surface area contributed by atoms with Crippen molar-refractivity contribution in [2.24, 2.45) is 5.73 Å². The van der Waals surface area contributed by atoms with E-state index in [-0.39, 0.29) is 43.3 Å². The molecule has 0 saturated carbocycles. The number of anilines is 2. The minimum Gasteiger partial charge on any atom is -0.469 e. The second-order valence-electron chi connectivity index (χ2n) is 7.60. The highest BCUT2D eigenvalue weighted by atomic mass is 16.5. The number of esters is 1. The van der Waals surface area contributed by atoms with Gasteiger partial charge in [-0.15, -0.1) is 0 Å². The SMILES string of the molecule is COC(=O)Cc1ccc(Nc2nn(C3(CC#N)CCN(C(=O)O)CC3)cc2C(N)=O)cc1. The van der Waals surface area contributed by atoms with Crippen LogP contribution in [0.25, 0.3) is 0 Å². The van der Waals surface area contributed by atoms with E-state index in [9.17, 15) is 24.8 Å². The number of likely N-dealkylation sites (tertiary alicyclic amines) is 1. The number of hydrogen-bond acceptors (Lipinski definition) is 7. The molecule has 0 bridgehead atoms. The van der Waals surface area contributed by atoms with Gasteiger partial charge in [-0.05, 0) is 30.5 Å². The zero-order chi connectivity index (χ0) is 23.3. The molecule has 0 radical (unpaired) electrons. The van der Waals surface area contributed by atoms with E-state index < -0.39 is 17.5 Å². The second-order valence-corrected chi connectivity index (χ2v) is 7.60. The topological polar surface area (TPSA) is 164 Å². The van der Waals surface area contributed by atoms with E-state index in [1.165, 1.54) is 18.2 Å². The van der Waals surface area contributed by atoms with Gasteiger partial charge >= 0.3 is 12.1 Å². The summed E-state index contributed by atoms with van der Waals surface area (Å²) in [4.78, 5) is 36.0. The summed E-state index contributed by atoms with van der Waals surface area (Å²) in [5.74, 6) is -0.801. The predicted molar refractivity (Wildman–Crippen MR) is 113 cm³/mol. The Kier molecular flexibility index (Phi) is 6.63. The molecule has 1 fully saturated rings.